The van der Waals surface area contributed by atoms with Gasteiger partial charge in [-0.15, -0.1) is 0 Å². The van der Waals surface area contributed by atoms with Crippen LogP contribution in [0.25, 0.3) is 10.9 Å². The lowest BCUT2D eigenvalue weighted by molar-refractivity contribution is 0.196. The first-order valence-corrected chi connectivity index (χ1v) is 11.8. The number of rotatable bonds is 5. The minimum atomic E-state index is -0.197. The maximum Gasteiger partial charge on any atom is 0.282 e. The summed E-state index contributed by atoms with van der Waals surface area (Å²) in [6, 6.07) is 9.30. The van der Waals surface area contributed by atoms with Crippen LogP contribution in [0, 0.1) is 5.41 Å². The van der Waals surface area contributed by atoms with Gasteiger partial charge in [0, 0.05) is 10.9 Å². The van der Waals surface area contributed by atoms with Crippen molar-refractivity contribution < 1.29 is 4.74 Å². The van der Waals surface area contributed by atoms with Gasteiger partial charge >= 0.3 is 0 Å². The minimum Gasteiger partial charge on any atom is -0.491 e. The highest BCUT2D eigenvalue weighted by atomic mass is 79.9. The Kier molecular flexibility index (Phi) is 7.20. The Hall–Kier alpha value is -1.51. The van der Waals surface area contributed by atoms with E-state index in [0.29, 0.717) is 29.8 Å². The molecular weight excluding hydrogens is 578 g/mol. The van der Waals surface area contributed by atoms with Gasteiger partial charge in [0.2, 0.25) is 0 Å². The van der Waals surface area contributed by atoms with Gasteiger partial charge in [0.05, 0.1) is 32.7 Å². The van der Waals surface area contributed by atoms with Crippen molar-refractivity contribution in [2.45, 2.75) is 34.1 Å². The summed E-state index contributed by atoms with van der Waals surface area (Å²) in [6.45, 7) is 8.90. The van der Waals surface area contributed by atoms with E-state index >= 15 is 0 Å². The fourth-order valence-electron chi connectivity index (χ4n) is 2.75. The van der Waals surface area contributed by atoms with Crippen LogP contribution >= 0.6 is 47.8 Å². The van der Waals surface area contributed by atoms with Crippen LogP contribution in [0.15, 0.2) is 53.6 Å². The summed E-state index contributed by atoms with van der Waals surface area (Å²) < 4.78 is 9.77. The van der Waals surface area contributed by atoms with Gasteiger partial charge in [-0.2, -0.15) is 9.78 Å². The van der Waals surface area contributed by atoms with Crippen molar-refractivity contribution in [1.82, 2.24) is 9.66 Å². The molecule has 1 aromatic heterocycles. The van der Waals surface area contributed by atoms with Gasteiger partial charge < -0.3 is 4.74 Å². The van der Waals surface area contributed by atoms with Crippen molar-refractivity contribution in [2.75, 3.05) is 6.61 Å². The van der Waals surface area contributed by atoms with Gasteiger partial charge in [0.15, 0.2) is 0 Å². The SMILES string of the molecule is CCc1nc2ccc(Br)cc2c(=O)n1N=Cc1cc(Br)c(OCC(C)(C)C)c(Br)c1. The zero-order valence-electron chi connectivity index (χ0n) is 17.2. The lowest BCUT2D eigenvalue weighted by Gasteiger charge is -2.20. The second kappa shape index (κ2) is 9.32. The molecule has 3 aromatic rings. The van der Waals surface area contributed by atoms with Crippen LogP contribution in [-0.4, -0.2) is 22.5 Å². The average molecular weight is 600 g/mol. The fourth-order valence-corrected chi connectivity index (χ4v) is 4.56. The Morgan fingerprint density at radius 2 is 1.80 bits per heavy atom. The first-order chi connectivity index (χ1) is 14.1. The standard InChI is InChI=1S/C22H22Br3N3O2/c1-5-19-27-18-7-6-14(23)10-15(18)21(29)28(19)26-11-13-8-16(24)20(17(25)9-13)30-12-22(2,3)4/h6-11H,5,12H2,1-4H3. The Balaban J connectivity index is 1.98. The molecule has 3 rings (SSSR count). The molecule has 8 heteroatoms. The maximum absolute atomic E-state index is 13.0. The van der Waals surface area contributed by atoms with E-state index in [2.05, 4.69) is 78.6 Å². The van der Waals surface area contributed by atoms with Crippen molar-refractivity contribution in [3.63, 3.8) is 0 Å². The maximum atomic E-state index is 13.0. The summed E-state index contributed by atoms with van der Waals surface area (Å²) in [4.78, 5) is 17.6. The highest BCUT2D eigenvalue weighted by Crippen LogP contribution is 2.35. The number of nitrogens with zero attached hydrogens (tertiary/aromatic N) is 3. The molecule has 0 aliphatic rings. The van der Waals surface area contributed by atoms with Crippen LogP contribution in [0.3, 0.4) is 0 Å². The van der Waals surface area contributed by atoms with Crippen LogP contribution in [0.2, 0.25) is 0 Å². The normalized spacial score (nSPS) is 12.1. The smallest absolute Gasteiger partial charge is 0.282 e. The average Bonchev–Trinajstić information content (AvgIpc) is 2.66. The monoisotopic (exact) mass is 597 g/mol. The molecule has 2 aromatic carbocycles. The molecule has 0 saturated carbocycles. The number of hydrogen-bond donors (Lipinski definition) is 0. The predicted molar refractivity (Wildman–Crippen MR) is 133 cm³/mol. The molecule has 0 amide bonds. The number of fused-ring (bicyclic) bond motifs is 1. The number of aryl methyl sites for hydroxylation is 1. The molecule has 0 fully saturated rings. The fraction of sp³-hybridized carbons (Fsp3) is 0.318. The highest BCUT2D eigenvalue weighted by Gasteiger charge is 2.15. The highest BCUT2D eigenvalue weighted by molar-refractivity contribution is 9.11. The zero-order valence-corrected chi connectivity index (χ0v) is 21.9. The number of halogens is 3. The second-order valence-electron chi connectivity index (χ2n) is 8.07. The number of ether oxygens (including phenoxy) is 1. The minimum absolute atomic E-state index is 0.0504. The van der Waals surface area contributed by atoms with Crippen molar-refractivity contribution >= 4 is 64.9 Å². The first kappa shape index (κ1) is 23.2. The van der Waals surface area contributed by atoms with E-state index in [1.54, 1.807) is 12.3 Å². The number of hydrogen-bond acceptors (Lipinski definition) is 4. The molecule has 158 valence electrons. The van der Waals surface area contributed by atoms with E-state index in [0.717, 1.165) is 24.7 Å². The van der Waals surface area contributed by atoms with Gasteiger partial charge in [-0.1, -0.05) is 43.6 Å². The molecule has 0 aliphatic heterocycles. The summed E-state index contributed by atoms with van der Waals surface area (Å²) in [5.74, 6) is 1.35. The van der Waals surface area contributed by atoms with E-state index in [1.165, 1.54) is 4.68 Å². The molecule has 1 heterocycles. The molecule has 0 unspecified atom stereocenters. The van der Waals surface area contributed by atoms with Gasteiger partial charge in [0.25, 0.3) is 5.56 Å². The van der Waals surface area contributed by atoms with Crippen LogP contribution in [0.5, 0.6) is 5.75 Å². The number of aromatic nitrogens is 2. The largest absolute Gasteiger partial charge is 0.491 e. The molecule has 0 spiro atoms. The first-order valence-electron chi connectivity index (χ1n) is 9.46. The van der Waals surface area contributed by atoms with Gasteiger partial charge in [-0.05, 0) is 73.2 Å². The van der Waals surface area contributed by atoms with E-state index < -0.39 is 0 Å². The Bertz CT molecular complexity index is 1160. The molecule has 0 atom stereocenters. The quantitative estimate of drug-likeness (QED) is 0.312. The van der Waals surface area contributed by atoms with Crippen molar-refractivity contribution in [3.8, 4) is 5.75 Å². The van der Waals surface area contributed by atoms with Crippen LogP contribution < -0.4 is 10.3 Å². The summed E-state index contributed by atoms with van der Waals surface area (Å²) in [5.41, 5.74) is 1.34. The predicted octanol–water partition coefficient (Wildman–Crippen LogP) is 6.55. The van der Waals surface area contributed by atoms with Gasteiger partial charge in [0.1, 0.15) is 11.6 Å². The van der Waals surface area contributed by atoms with Crippen molar-refractivity contribution in [1.29, 1.82) is 0 Å². The van der Waals surface area contributed by atoms with Gasteiger partial charge in [-0.3, -0.25) is 4.79 Å². The summed E-state index contributed by atoms with van der Waals surface area (Å²) in [6.07, 6.45) is 2.24. The Morgan fingerprint density at radius 3 is 2.40 bits per heavy atom. The van der Waals surface area contributed by atoms with E-state index in [4.69, 9.17) is 4.74 Å². The second-order valence-corrected chi connectivity index (χ2v) is 10.7. The lowest BCUT2D eigenvalue weighted by Crippen LogP contribution is -2.22. The Morgan fingerprint density at radius 1 is 1.13 bits per heavy atom. The molecule has 0 aliphatic carbocycles. The summed E-state index contributed by atoms with van der Waals surface area (Å²) in [7, 11) is 0. The number of benzene rings is 2. The van der Waals surface area contributed by atoms with E-state index in [1.807, 2.05) is 31.2 Å². The Labute approximate surface area is 200 Å². The zero-order chi connectivity index (χ0) is 22.1. The molecule has 0 radical (unpaired) electrons. The molecule has 0 saturated heterocycles. The van der Waals surface area contributed by atoms with E-state index in [9.17, 15) is 4.79 Å². The summed E-state index contributed by atoms with van der Waals surface area (Å²) >= 11 is 10.6. The molecule has 0 bridgehead atoms. The summed E-state index contributed by atoms with van der Waals surface area (Å²) in [5, 5.41) is 4.96. The van der Waals surface area contributed by atoms with Crippen LogP contribution in [-0.2, 0) is 6.42 Å². The van der Waals surface area contributed by atoms with Crippen LogP contribution in [0.1, 0.15) is 39.1 Å². The third-order valence-electron chi connectivity index (χ3n) is 4.18. The lowest BCUT2D eigenvalue weighted by atomic mass is 9.99. The molecule has 0 N–H and O–H groups in total. The third kappa shape index (κ3) is 5.39. The molecular formula is C22H22Br3N3O2. The molecule has 5 nitrogen and oxygen atoms in total. The molecule has 30 heavy (non-hydrogen) atoms. The van der Waals surface area contributed by atoms with Gasteiger partial charge in [-0.25, -0.2) is 4.98 Å². The topological polar surface area (TPSA) is 56.5 Å². The van der Waals surface area contributed by atoms with Crippen molar-refractivity contribution in [3.05, 3.63) is 65.5 Å². The van der Waals surface area contributed by atoms with Crippen molar-refractivity contribution in [2.24, 2.45) is 10.5 Å². The van der Waals surface area contributed by atoms with E-state index in [-0.39, 0.29) is 11.0 Å². The third-order valence-corrected chi connectivity index (χ3v) is 5.86. The van der Waals surface area contributed by atoms with Crippen LogP contribution in [0.4, 0.5) is 0 Å².